The Morgan fingerprint density at radius 1 is 1.08 bits per heavy atom. The van der Waals surface area contributed by atoms with E-state index >= 15 is 0 Å². The number of halogens is 2. The third-order valence-corrected chi connectivity index (χ3v) is 4.33. The number of rotatable bonds is 6. The number of hydrogen-bond donors (Lipinski definition) is 1. The molecule has 138 valence electrons. The zero-order chi connectivity index (χ0) is 19.3. The van der Waals surface area contributed by atoms with Gasteiger partial charge in [0.1, 0.15) is 11.3 Å². The maximum Gasteiger partial charge on any atom is 0.342 e. The van der Waals surface area contributed by atoms with Crippen LogP contribution < -0.4 is 10.1 Å². The third kappa shape index (κ3) is 4.90. The molecule has 0 saturated heterocycles. The number of ether oxygens (including phenoxy) is 2. The third-order valence-electron chi connectivity index (χ3n) is 3.77. The molecule has 0 aliphatic carbocycles. The van der Waals surface area contributed by atoms with Crippen LogP contribution in [0.4, 0.5) is 0 Å². The molecule has 2 atom stereocenters. The normalized spacial score (nSPS) is 12.8. The molecule has 0 aliphatic rings. The molecule has 0 radical (unpaired) electrons. The number of benzene rings is 2. The van der Waals surface area contributed by atoms with E-state index in [0.717, 1.165) is 0 Å². The number of methoxy groups -OCH3 is 1. The highest BCUT2D eigenvalue weighted by molar-refractivity contribution is 6.35. The Hall–Kier alpha value is -2.24. The van der Waals surface area contributed by atoms with Crippen LogP contribution in [0.5, 0.6) is 5.75 Å². The Morgan fingerprint density at radius 3 is 2.42 bits per heavy atom. The molecule has 2 rings (SSSR count). The second kappa shape index (κ2) is 8.92. The lowest BCUT2D eigenvalue weighted by Gasteiger charge is -2.19. The number of esters is 1. The fourth-order valence-electron chi connectivity index (χ4n) is 2.35. The van der Waals surface area contributed by atoms with Gasteiger partial charge >= 0.3 is 5.97 Å². The second-order valence-electron chi connectivity index (χ2n) is 5.64. The summed E-state index contributed by atoms with van der Waals surface area (Å²) in [5, 5.41) is 3.73. The van der Waals surface area contributed by atoms with Crippen LogP contribution in [0.2, 0.25) is 10.0 Å². The minimum atomic E-state index is -0.985. The highest BCUT2D eigenvalue weighted by Crippen LogP contribution is 2.26. The maximum atomic E-state index is 12.3. The van der Waals surface area contributed by atoms with Gasteiger partial charge < -0.3 is 14.8 Å². The van der Waals surface area contributed by atoms with Crippen LogP contribution in [0.3, 0.4) is 0 Å². The summed E-state index contributed by atoms with van der Waals surface area (Å²) in [7, 11) is 1.46. The minimum Gasteiger partial charge on any atom is -0.496 e. The van der Waals surface area contributed by atoms with Gasteiger partial charge in [0.15, 0.2) is 6.10 Å². The summed E-state index contributed by atoms with van der Waals surface area (Å²) < 4.78 is 10.4. The molecular formula is C19H19Cl2NO4. The van der Waals surface area contributed by atoms with Gasteiger partial charge in [0.2, 0.25) is 0 Å². The average Bonchev–Trinajstić information content (AvgIpc) is 2.61. The lowest BCUT2D eigenvalue weighted by Crippen LogP contribution is -2.37. The molecule has 0 bridgehead atoms. The van der Waals surface area contributed by atoms with Gasteiger partial charge in [-0.2, -0.15) is 0 Å². The quantitative estimate of drug-likeness (QED) is 0.734. The molecule has 0 aliphatic heterocycles. The van der Waals surface area contributed by atoms with Crippen molar-refractivity contribution in [1.82, 2.24) is 5.32 Å². The van der Waals surface area contributed by atoms with E-state index in [9.17, 15) is 9.59 Å². The van der Waals surface area contributed by atoms with E-state index in [2.05, 4.69) is 5.32 Å². The summed E-state index contributed by atoms with van der Waals surface area (Å²) >= 11 is 12.0. The number of para-hydroxylation sites is 1. The van der Waals surface area contributed by atoms with Gasteiger partial charge in [0.25, 0.3) is 5.91 Å². The first-order chi connectivity index (χ1) is 12.3. The van der Waals surface area contributed by atoms with Gasteiger partial charge in [-0.1, -0.05) is 41.4 Å². The molecule has 1 amide bonds. The van der Waals surface area contributed by atoms with E-state index in [4.69, 9.17) is 32.7 Å². The summed E-state index contributed by atoms with van der Waals surface area (Å²) in [5.74, 6) is -0.694. The first-order valence-electron chi connectivity index (χ1n) is 7.92. The standard InChI is InChI=1S/C19H19Cl2NO4/c1-11(14-9-8-13(20)10-16(14)21)22-18(23)12(2)26-19(24)15-6-4-5-7-17(15)25-3/h4-12H,1-3H3,(H,22,23)/t11-,12-/m1/s1. The molecule has 0 heterocycles. The number of hydrogen-bond acceptors (Lipinski definition) is 4. The van der Waals surface area contributed by atoms with Crippen molar-refractivity contribution in [2.24, 2.45) is 0 Å². The van der Waals surface area contributed by atoms with Crippen LogP contribution in [-0.2, 0) is 9.53 Å². The topological polar surface area (TPSA) is 64.6 Å². The molecule has 1 N–H and O–H groups in total. The highest BCUT2D eigenvalue weighted by atomic mass is 35.5. The van der Waals surface area contributed by atoms with Gasteiger partial charge in [0.05, 0.1) is 13.2 Å². The number of nitrogens with one attached hydrogen (secondary N) is 1. The van der Waals surface area contributed by atoms with Crippen LogP contribution in [-0.4, -0.2) is 25.1 Å². The van der Waals surface area contributed by atoms with Crippen molar-refractivity contribution in [3.05, 3.63) is 63.6 Å². The number of carbonyl (C=O) groups is 2. The van der Waals surface area contributed by atoms with Crippen LogP contribution in [0.25, 0.3) is 0 Å². The van der Waals surface area contributed by atoms with E-state index in [1.165, 1.54) is 14.0 Å². The first kappa shape index (κ1) is 20.1. The SMILES string of the molecule is COc1ccccc1C(=O)O[C@H](C)C(=O)N[C@H](C)c1ccc(Cl)cc1Cl. The summed E-state index contributed by atoms with van der Waals surface area (Å²) in [6.07, 6.45) is -0.985. The van der Waals surface area contributed by atoms with Gasteiger partial charge in [-0.05, 0) is 43.7 Å². The van der Waals surface area contributed by atoms with Gasteiger partial charge in [-0.15, -0.1) is 0 Å². The molecule has 0 fully saturated rings. The maximum absolute atomic E-state index is 12.3. The average molecular weight is 396 g/mol. The number of carbonyl (C=O) groups excluding carboxylic acids is 2. The van der Waals surface area contributed by atoms with Gasteiger partial charge in [0, 0.05) is 10.0 Å². The highest BCUT2D eigenvalue weighted by Gasteiger charge is 2.23. The largest absolute Gasteiger partial charge is 0.496 e. The first-order valence-corrected chi connectivity index (χ1v) is 8.68. The van der Waals surface area contributed by atoms with Crippen molar-refractivity contribution >= 4 is 35.1 Å². The Kier molecular flexibility index (Phi) is 6.89. The van der Waals surface area contributed by atoms with E-state index in [-0.39, 0.29) is 11.6 Å². The molecule has 0 unspecified atom stereocenters. The van der Waals surface area contributed by atoms with Crippen molar-refractivity contribution in [3.63, 3.8) is 0 Å². The molecule has 2 aromatic carbocycles. The molecule has 2 aromatic rings. The van der Waals surface area contributed by atoms with E-state index in [1.807, 2.05) is 0 Å². The summed E-state index contributed by atoms with van der Waals surface area (Å²) in [4.78, 5) is 24.6. The van der Waals surface area contributed by atoms with Crippen molar-refractivity contribution < 1.29 is 19.1 Å². The summed E-state index contributed by atoms with van der Waals surface area (Å²) in [6, 6.07) is 11.3. The summed E-state index contributed by atoms with van der Waals surface area (Å²) in [6.45, 7) is 3.28. The van der Waals surface area contributed by atoms with E-state index in [1.54, 1.807) is 49.4 Å². The lowest BCUT2D eigenvalue weighted by atomic mass is 10.1. The predicted molar refractivity (Wildman–Crippen MR) is 101 cm³/mol. The van der Waals surface area contributed by atoms with E-state index < -0.39 is 18.0 Å². The van der Waals surface area contributed by atoms with Crippen LogP contribution in [0, 0.1) is 0 Å². The fourth-order valence-corrected chi connectivity index (χ4v) is 2.92. The second-order valence-corrected chi connectivity index (χ2v) is 6.49. The van der Waals surface area contributed by atoms with E-state index in [0.29, 0.717) is 21.4 Å². The number of amides is 1. The molecule has 0 aromatic heterocycles. The monoisotopic (exact) mass is 395 g/mol. The van der Waals surface area contributed by atoms with Crippen molar-refractivity contribution in [1.29, 1.82) is 0 Å². The Labute approximate surface area is 162 Å². The fraction of sp³-hybridized carbons (Fsp3) is 0.263. The Bertz CT molecular complexity index is 810. The van der Waals surface area contributed by atoms with Gasteiger partial charge in [-0.25, -0.2) is 4.79 Å². The zero-order valence-corrected chi connectivity index (χ0v) is 16.1. The molecule has 5 nitrogen and oxygen atoms in total. The van der Waals surface area contributed by atoms with Crippen molar-refractivity contribution in [2.45, 2.75) is 26.0 Å². The zero-order valence-electron chi connectivity index (χ0n) is 14.6. The molecule has 26 heavy (non-hydrogen) atoms. The van der Waals surface area contributed by atoms with Gasteiger partial charge in [-0.3, -0.25) is 4.79 Å². The lowest BCUT2D eigenvalue weighted by molar-refractivity contribution is -0.129. The van der Waals surface area contributed by atoms with Crippen LogP contribution in [0.15, 0.2) is 42.5 Å². The van der Waals surface area contributed by atoms with Crippen molar-refractivity contribution in [3.8, 4) is 5.75 Å². The molecular weight excluding hydrogens is 377 g/mol. The molecule has 7 heteroatoms. The van der Waals surface area contributed by atoms with Crippen molar-refractivity contribution in [2.75, 3.05) is 7.11 Å². The summed E-state index contributed by atoms with van der Waals surface area (Å²) in [5.41, 5.74) is 0.969. The minimum absolute atomic E-state index is 0.253. The Balaban J connectivity index is 2.01. The molecule has 0 spiro atoms. The van der Waals surface area contributed by atoms with Crippen LogP contribution >= 0.6 is 23.2 Å². The van der Waals surface area contributed by atoms with Crippen LogP contribution in [0.1, 0.15) is 35.8 Å². The molecule has 0 saturated carbocycles. The Morgan fingerprint density at radius 2 is 1.77 bits per heavy atom. The smallest absolute Gasteiger partial charge is 0.342 e. The predicted octanol–water partition coefficient (Wildman–Crippen LogP) is 4.42.